The number of para-hydroxylation sites is 1. The lowest BCUT2D eigenvalue weighted by Crippen LogP contribution is -2.24. The lowest BCUT2D eigenvalue weighted by Gasteiger charge is -2.18. The quantitative estimate of drug-likeness (QED) is 0.748. The summed E-state index contributed by atoms with van der Waals surface area (Å²) in [5.74, 6) is 1.16. The molecule has 1 unspecified atom stereocenters. The van der Waals surface area contributed by atoms with Crippen molar-refractivity contribution in [2.24, 2.45) is 0 Å². The second-order valence-corrected chi connectivity index (χ2v) is 5.18. The van der Waals surface area contributed by atoms with Crippen molar-refractivity contribution in [2.45, 2.75) is 32.8 Å². The van der Waals surface area contributed by atoms with Gasteiger partial charge in [-0.3, -0.25) is 4.79 Å². The van der Waals surface area contributed by atoms with Crippen molar-refractivity contribution in [1.29, 1.82) is 0 Å². The van der Waals surface area contributed by atoms with Gasteiger partial charge in [-0.25, -0.2) is 0 Å². The molecule has 0 spiro atoms. The molecule has 0 bridgehead atoms. The minimum atomic E-state index is -0.489. The predicted octanol–water partition coefficient (Wildman–Crippen LogP) is 4.46. The molecule has 2 aromatic rings. The molecule has 0 fully saturated rings. The number of hydrogen-bond donors (Lipinski definition) is 0. The van der Waals surface area contributed by atoms with Gasteiger partial charge in [-0.1, -0.05) is 62.4 Å². The molecule has 0 aliphatic rings. The molecule has 0 aromatic heterocycles. The molecule has 0 saturated heterocycles. The van der Waals surface area contributed by atoms with Gasteiger partial charge in [-0.05, 0) is 24.5 Å². The van der Waals surface area contributed by atoms with Gasteiger partial charge >= 0.3 is 0 Å². The molecule has 0 saturated carbocycles. The van der Waals surface area contributed by atoms with Gasteiger partial charge in [0.05, 0.1) is 0 Å². The van der Waals surface area contributed by atoms with Gasteiger partial charge in [0, 0.05) is 5.56 Å². The lowest BCUT2D eigenvalue weighted by molar-refractivity contribution is 0.0816. The standard InChI is InChI=1S/C18H20O2/c1-13(2)16-11-7-8-12-17(16)20-14(3)18(19)15-9-5-4-6-10-15/h4-14H,1-3H3. The molecule has 0 radical (unpaired) electrons. The summed E-state index contributed by atoms with van der Waals surface area (Å²) in [6, 6.07) is 17.1. The van der Waals surface area contributed by atoms with Gasteiger partial charge < -0.3 is 4.74 Å². The van der Waals surface area contributed by atoms with Crippen molar-refractivity contribution < 1.29 is 9.53 Å². The van der Waals surface area contributed by atoms with E-state index in [0.717, 1.165) is 11.3 Å². The molecule has 0 aliphatic carbocycles. The van der Waals surface area contributed by atoms with Crippen LogP contribution in [0.2, 0.25) is 0 Å². The fourth-order valence-corrected chi connectivity index (χ4v) is 2.15. The largest absolute Gasteiger partial charge is 0.482 e. The van der Waals surface area contributed by atoms with Crippen LogP contribution in [0.15, 0.2) is 54.6 Å². The van der Waals surface area contributed by atoms with Crippen LogP contribution in [-0.2, 0) is 0 Å². The van der Waals surface area contributed by atoms with Crippen molar-refractivity contribution in [3.8, 4) is 5.75 Å². The van der Waals surface area contributed by atoms with E-state index in [1.165, 1.54) is 0 Å². The van der Waals surface area contributed by atoms with Crippen LogP contribution >= 0.6 is 0 Å². The maximum atomic E-state index is 12.3. The summed E-state index contributed by atoms with van der Waals surface area (Å²) in [6.07, 6.45) is -0.489. The molecule has 0 heterocycles. The van der Waals surface area contributed by atoms with Crippen LogP contribution in [0.5, 0.6) is 5.75 Å². The number of carbonyl (C=O) groups is 1. The smallest absolute Gasteiger partial charge is 0.202 e. The number of carbonyl (C=O) groups excluding carboxylic acids is 1. The van der Waals surface area contributed by atoms with Crippen LogP contribution in [0.4, 0.5) is 0 Å². The van der Waals surface area contributed by atoms with Crippen molar-refractivity contribution in [1.82, 2.24) is 0 Å². The van der Waals surface area contributed by atoms with Gasteiger partial charge in [0.1, 0.15) is 5.75 Å². The van der Waals surface area contributed by atoms with Crippen LogP contribution in [-0.4, -0.2) is 11.9 Å². The summed E-state index contributed by atoms with van der Waals surface area (Å²) >= 11 is 0. The van der Waals surface area contributed by atoms with Crippen LogP contribution in [0.1, 0.15) is 42.6 Å². The van der Waals surface area contributed by atoms with E-state index >= 15 is 0 Å². The fourth-order valence-electron chi connectivity index (χ4n) is 2.15. The Bertz CT molecular complexity index is 573. The fraction of sp³-hybridized carbons (Fsp3) is 0.278. The second kappa shape index (κ2) is 6.38. The Morgan fingerprint density at radius 1 is 0.900 bits per heavy atom. The third-order valence-corrected chi connectivity index (χ3v) is 3.27. The zero-order valence-electron chi connectivity index (χ0n) is 12.2. The Labute approximate surface area is 120 Å². The summed E-state index contributed by atoms with van der Waals surface area (Å²) in [6.45, 7) is 6.03. The molecular formula is C18H20O2. The van der Waals surface area contributed by atoms with E-state index in [1.54, 1.807) is 6.92 Å². The minimum absolute atomic E-state index is 0.00385. The molecule has 2 nitrogen and oxygen atoms in total. The first-order valence-corrected chi connectivity index (χ1v) is 6.94. The Morgan fingerprint density at radius 2 is 1.50 bits per heavy atom. The number of ether oxygens (including phenoxy) is 1. The molecule has 20 heavy (non-hydrogen) atoms. The van der Waals surface area contributed by atoms with E-state index in [-0.39, 0.29) is 5.78 Å². The second-order valence-electron chi connectivity index (χ2n) is 5.18. The first-order valence-electron chi connectivity index (χ1n) is 6.94. The number of benzene rings is 2. The normalized spacial score (nSPS) is 12.2. The topological polar surface area (TPSA) is 26.3 Å². The number of ketones is 1. The summed E-state index contributed by atoms with van der Waals surface area (Å²) < 4.78 is 5.87. The third-order valence-electron chi connectivity index (χ3n) is 3.27. The predicted molar refractivity (Wildman–Crippen MR) is 81.4 cm³/mol. The van der Waals surface area contributed by atoms with Gasteiger partial charge in [0.2, 0.25) is 5.78 Å². The van der Waals surface area contributed by atoms with Crippen LogP contribution in [0, 0.1) is 0 Å². The highest BCUT2D eigenvalue weighted by molar-refractivity contribution is 5.99. The molecule has 0 amide bonds. The zero-order valence-corrected chi connectivity index (χ0v) is 12.2. The van der Waals surface area contributed by atoms with Gasteiger partial charge in [-0.2, -0.15) is 0 Å². The first-order chi connectivity index (χ1) is 9.59. The Balaban J connectivity index is 2.16. The minimum Gasteiger partial charge on any atom is -0.482 e. The molecule has 0 aliphatic heterocycles. The van der Waals surface area contributed by atoms with E-state index in [4.69, 9.17) is 4.74 Å². The zero-order chi connectivity index (χ0) is 14.5. The van der Waals surface area contributed by atoms with Crippen molar-refractivity contribution >= 4 is 5.78 Å². The van der Waals surface area contributed by atoms with Crippen molar-refractivity contribution in [3.05, 3.63) is 65.7 Å². The van der Waals surface area contributed by atoms with E-state index in [9.17, 15) is 4.79 Å². The average Bonchev–Trinajstić information content (AvgIpc) is 2.47. The monoisotopic (exact) mass is 268 g/mol. The summed E-state index contributed by atoms with van der Waals surface area (Å²) in [4.78, 5) is 12.3. The summed E-state index contributed by atoms with van der Waals surface area (Å²) in [7, 11) is 0. The highest BCUT2D eigenvalue weighted by Crippen LogP contribution is 2.27. The Hall–Kier alpha value is -2.09. The number of Topliss-reactive ketones (excluding diaryl/α,β-unsaturated/α-hetero) is 1. The van der Waals surface area contributed by atoms with Crippen molar-refractivity contribution in [3.63, 3.8) is 0 Å². The van der Waals surface area contributed by atoms with Gasteiger partial charge in [-0.15, -0.1) is 0 Å². The van der Waals surface area contributed by atoms with Crippen LogP contribution in [0.25, 0.3) is 0 Å². The van der Waals surface area contributed by atoms with E-state index < -0.39 is 6.10 Å². The van der Waals surface area contributed by atoms with E-state index in [0.29, 0.717) is 11.5 Å². The molecule has 104 valence electrons. The molecular weight excluding hydrogens is 248 g/mol. The van der Waals surface area contributed by atoms with Crippen molar-refractivity contribution in [2.75, 3.05) is 0 Å². The average molecular weight is 268 g/mol. The third kappa shape index (κ3) is 3.27. The molecule has 2 heteroatoms. The highest BCUT2D eigenvalue weighted by atomic mass is 16.5. The van der Waals surface area contributed by atoms with Gasteiger partial charge in [0.25, 0.3) is 0 Å². The Kier molecular flexibility index (Phi) is 4.57. The number of hydrogen-bond acceptors (Lipinski definition) is 2. The molecule has 2 aromatic carbocycles. The highest BCUT2D eigenvalue weighted by Gasteiger charge is 2.18. The van der Waals surface area contributed by atoms with E-state index in [2.05, 4.69) is 13.8 Å². The maximum absolute atomic E-state index is 12.3. The van der Waals surface area contributed by atoms with Gasteiger partial charge in [0.15, 0.2) is 6.10 Å². The Morgan fingerprint density at radius 3 is 2.15 bits per heavy atom. The molecule has 1 atom stereocenters. The van der Waals surface area contributed by atoms with Crippen LogP contribution in [0.3, 0.4) is 0 Å². The number of rotatable bonds is 5. The van der Waals surface area contributed by atoms with E-state index in [1.807, 2.05) is 54.6 Å². The summed E-state index contributed by atoms with van der Waals surface area (Å²) in [5.41, 5.74) is 1.81. The summed E-state index contributed by atoms with van der Waals surface area (Å²) in [5, 5.41) is 0. The SMILES string of the molecule is CC(Oc1ccccc1C(C)C)C(=O)c1ccccc1. The molecule has 2 rings (SSSR count). The lowest BCUT2D eigenvalue weighted by atomic mass is 10.0. The van der Waals surface area contributed by atoms with Crippen LogP contribution < -0.4 is 4.74 Å². The first kappa shape index (κ1) is 14.3. The molecule has 0 N–H and O–H groups in total. The maximum Gasteiger partial charge on any atom is 0.202 e.